The molecular formula is C28H30BrCl2N3O4S. The maximum Gasteiger partial charge on any atom is 0.264 e. The molecule has 7 nitrogen and oxygen atoms in total. The lowest BCUT2D eigenvalue weighted by atomic mass is 10.1. The predicted octanol–water partition coefficient (Wildman–Crippen LogP) is 6.20. The molecule has 3 rings (SSSR count). The van der Waals surface area contributed by atoms with Gasteiger partial charge >= 0.3 is 0 Å². The highest BCUT2D eigenvalue weighted by Crippen LogP contribution is 2.33. The van der Waals surface area contributed by atoms with Crippen molar-refractivity contribution in [3.63, 3.8) is 0 Å². The summed E-state index contributed by atoms with van der Waals surface area (Å²) in [5.74, 6) is -0.922. The molecule has 1 atom stereocenters. The van der Waals surface area contributed by atoms with E-state index in [0.29, 0.717) is 6.54 Å². The van der Waals surface area contributed by atoms with Crippen molar-refractivity contribution in [3.05, 3.63) is 92.4 Å². The molecule has 11 heteroatoms. The number of amides is 2. The van der Waals surface area contributed by atoms with E-state index in [9.17, 15) is 18.0 Å². The number of carbonyl (C=O) groups is 2. The van der Waals surface area contributed by atoms with Crippen molar-refractivity contribution in [2.45, 2.75) is 44.7 Å². The maximum absolute atomic E-state index is 13.9. The largest absolute Gasteiger partial charge is 0.354 e. The molecule has 1 unspecified atom stereocenters. The van der Waals surface area contributed by atoms with Gasteiger partial charge in [-0.05, 0) is 68.3 Å². The SMILES string of the molecule is CCCNC(=O)C(C)N(Cc1cccc(Br)c1)C(=O)CN(c1cc(Cl)ccc1Cl)S(=O)(=O)c1ccc(C)cc1. The third kappa shape index (κ3) is 7.97. The molecule has 0 aromatic heterocycles. The zero-order chi connectivity index (χ0) is 28.7. The van der Waals surface area contributed by atoms with Gasteiger partial charge in [0.25, 0.3) is 10.0 Å². The van der Waals surface area contributed by atoms with Crippen LogP contribution in [-0.4, -0.2) is 44.3 Å². The normalized spacial score (nSPS) is 12.1. The first-order valence-electron chi connectivity index (χ1n) is 12.3. The van der Waals surface area contributed by atoms with E-state index in [1.54, 1.807) is 19.1 Å². The number of nitrogens with one attached hydrogen (secondary N) is 1. The lowest BCUT2D eigenvalue weighted by Gasteiger charge is -2.32. The first-order valence-corrected chi connectivity index (χ1v) is 15.3. The summed E-state index contributed by atoms with van der Waals surface area (Å²) < 4.78 is 29.5. The molecule has 39 heavy (non-hydrogen) atoms. The van der Waals surface area contributed by atoms with Gasteiger partial charge in [-0.15, -0.1) is 0 Å². The van der Waals surface area contributed by atoms with Gasteiger partial charge < -0.3 is 10.2 Å². The average Bonchev–Trinajstić information content (AvgIpc) is 2.90. The van der Waals surface area contributed by atoms with Crippen LogP contribution in [-0.2, 0) is 26.2 Å². The van der Waals surface area contributed by atoms with Crippen LogP contribution < -0.4 is 9.62 Å². The Morgan fingerprint density at radius 3 is 2.36 bits per heavy atom. The fourth-order valence-corrected chi connectivity index (χ4v) is 6.15. The second kappa shape index (κ2) is 13.7. The topological polar surface area (TPSA) is 86.8 Å². The molecule has 0 heterocycles. The number of nitrogens with zero attached hydrogens (tertiary/aromatic N) is 2. The lowest BCUT2D eigenvalue weighted by Crippen LogP contribution is -2.51. The van der Waals surface area contributed by atoms with E-state index in [1.807, 2.05) is 38.1 Å². The van der Waals surface area contributed by atoms with Gasteiger partial charge in [0.15, 0.2) is 0 Å². The third-order valence-corrected chi connectivity index (χ3v) is 8.85. The summed E-state index contributed by atoms with van der Waals surface area (Å²) in [6.45, 7) is 5.32. The Balaban J connectivity index is 2.06. The Kier molecular flexibility index (Phi) is 10.8. The minimum atomic E-state index is -4.24. The molecule has 0 spiro atoms. The van der Waals surface area contributed by atoms with Crippen LogP contribution in [0, 0.1) is 6.92 Å². The number of benzene rings is 3. The van der Waals surface area contributed by atoms with Crippen molar-refractivity contribution in [1.29, 1.82) is 0 Å². The minimum absolute atomic E-state index is 0.00998. The van der Waals surface area contributed by atoms with Crippen molar-refractivity contribution < 1.29 is 18.0 Å². The van der Waals surface area contributed by atoms with E-state index >= 15 is 0 Å². The number of sulfonamides is 1. The van der Waals surface area contributed by atoms with E-state index in [2.05, 4.69) is 21.2 Å². The summed E-state index contributed by atoms with van der Waals surface area (Å²) in [6, 6.07) is 17.2. The first kappa shape index (κ1) is 30.9. The zero-order valence-electron chi connectivity index (χ0n) is 21.8. The number of anilines is 1. The van der Waals surface area contributed by atoms with Gasteiger partial charge in [0.2, 0.25) is 11.8 Å². The quantitative estimate of drug-likeness (QED) is 0.267. The molecule has 0 radical (unpaired) electrons. The monoisotopic (exact) mass is 653 g/mol. The molecule has 0 aliphatic heterocycles. The van der Waals surface area contributed by atoms with Crippen molar-refractivity contribution in [2.75, 3.05) is 17.4 Å². The van der Waals surface area contributed by atoms with Crippen LogP contribution >= 0.6 is 39.1 Å². The van der Waals surface area contributed by atoms with E-state index in [1.165, 1.54) is 35.2 Å². The molecule has 0 fully saturated rings. The van der Waals surface area contributed by atoms with Gasteiger partial charge in [-0.25, -0.2) is 8.42 Å². The Morgan fingerprint density at radius 1 is 1.03 bits per heavy atom. The number of halogens is 3. The predicted molar refractivity (Wildman–Crippen MR) is 160 cm³/mol. The Morgan fingerprint density at radius 2 is 1.72 bits per heavy atom. The van der Waals surface area contributed by atoms with Crippen LogP contribution in [0.4, 0.5) is 5.69 Å². The number of rotatable bonds is 11. The molecule has 0 bridgehead atoms. The molecule has 0 aliphatic rings. The van der Waals surface area contributed by atoms with Gasteiger partial charge in [-0.2, -0.15) is 0 Å². The average molecular weight is 655 g/mol. The van der Waals surface area contributed by atoms with E-state index < -0.39 is 28.5 Å². The highest BCUT2D eigenvalue weighted by Gasteiger charge is 2.33. The highest BCUT2D eigenvalue weighted by molar-refractivity contribution is 9.10. The molecule has 3 aromatic carbocycles. The molecular weight excluding hydrogens is 625 g/mol. The van der Waals surface area contributed by atoms with Crippen molar-refractivity contribution in [2.24, 2.45) is 0 Å². The third-order valence-electron chi connectivity index (χ3n) is 6.02. The van der Waals surface area contributed by atoms with Gasteiger partial charge in [0.1, 0.15) is 12.6 Å². The second-order valence-electron chi connectivity index (χ2n) is 9.04. The molecule has 2 amide bonds. The van der Waals surface area contributed by atoms with Crippen molar-refractivity contribution in [1.82, 2.24) is 10.2 Å². The molecule has 208 valence electrons. The zero-order valence-corrected chi connectivity index (χ0v) is 25.7. The fourth-order valence-electron chi connectivity index (χ4n) is 3.84. The van der Waals surface area contributed by atoms with Gasteiger partial charge in [-0.1, -0.05) is 75.9 Å². The first-order chi connectivity index (χ1) is 18.4. The van der Waals surface area contributed by atoms with Crippen LogP contribution in [0.2, 0.25) is 10.0 Å². The highest BCUT2D eigenvalue weighted by atomic mass is 79.9. The number of hydrogen-bond donors (Lipinski definition) is 1. The summed E-state index contributed by atoms with van der Waals surface area (Å²) in [4.78, 5) is 28.2. The van der Waals surface area contributed by atoms with Crippen LogP contribution in [0.3, 0.4) is 0 Å². The summed E-state index contributed by atoms with van der Waals surface area (Å²) in [6.07, 6.45) is 0.730. The standard InChI is InChI=1S/C28H30BrCl2N3O4S/c1-4-14-32-28(36)20(3)33(17-21-6-5-7-22(29)15-21)27(35)18-34(26-16-23(30)10-13-25(26)31)39(37,38)24-11-8-19(2)9-12-24/h5-13,15-16,20H,4,14,17-18H2,1-3H3,(H,32,36). The van der Waals surface area contributed by atoms with E-state index in [0.717, 1.165) is 26.3 Å². The van der Waals surface area contributed by atoms with Gasteiger partial charge in [-0.3, -0.25) is 13.9 Å². The van der Waals surface area contributed by atoms with E-state index in [-0.39, 0.29) is 33.1 Å². The lowest BCUT2D eigenvalue weighted by molar-refractivity contribution is -0.139. The molecule has 1 N–H and O–H groups in total. The Bertz CT molecular complexity index is 1430. The Hall–Kier alpha value is -2.59. The number of aryl methyl sites for hydroxylation is 1. The van der Waals surface area contributed by atoms with Crippen LogP contribution in [0.1, 0.15) is 31.4 Å². The molecule has 3 aromatic rings. The van der Waals surface area contributed by atoms with Crippen molar-refractivity contribution in [3.8, 4) is 0 Å². The van der Waals surface area contributed by atoms with Gasteiger partial charge in [0.05, 0.1) is 15.6 Å². The molecule has 0 aliphatic carbocycles. The summed E-state index contributed by atoms with van der Waals surface area (Å²) >= 11 is 16.1. The molecule has 0 saturated heterocycles. The summed E-state index contributed by atoms with van der Waals surface area (Å²) in [5.41, 5.74) is 1.70. The van der Waals surface area contributed by atoms with Gasteiger partial charge in [0, 0.05) is 22.6 Å². The van der Waals surface area contributed by atoms with Crippen LogP contribution in [0.15, 0.2) is 76.1 Å². The summed E-state index contributed by atoms with van der Waals surface area (Å²) in [7, 11) is -4.24. The van der Waals surface area contributed by atoms with Crippen LogP contribution in [0.5, 0.6) is 0 Å². The van der Waals surface area contributed by atoms with Crippen molar-refractivity contribution >= 4 is 66.7 Å². The number of hydrogen-bond acceptors (Lipinski definition) is 4. The maximum atomic E-state index is 13.9. The summed E-state index contributed by atoms with van der Waals surface area (Å²) in [5, 5.41) is 3.18. The fraction of sp³-hybridized carbons (Fsp3) is 0.286. The van der Waals surface area contributed by atoms with Crippen LogP contribution in [0.25, 0.3) is 0 Å². The molecule has 0 saturated carbocycles. The van der Waals surface area contributed by atoms with E-state index in [4.69, 9.17) is 23.2 Å². The smallest absolute Gasteiger partial charge is 0.264 e. The Labute approximate surface area is 248 Å². The second-order valence-corrected chi connectivity index (χ2v) is 12.7. The minimum Gasteiger partial charge on any atom is -0.354 e. The number of carbonyl (C=O) groups excluding carboxylic acids is 2.